The number of fused-ring (bicyclic) bond motifs is 1. The summed E-state index contributed by atoms with van der Waals surface area (Å²) in [7, 11) is 0. The van der Waals surface area contributed by atoms with E-state index in [1.807, 2.05) is 0 Å². The molecule has 0 spiro atoms. The van der Waals surface area contributed by atoms with Gasteiger partial charge >= 0.3 is 5.97 Å². The first-order valence-corrected chi connectivity index (χ1v) is 7.43. The third-order valence-electron chi connectivity index (χ3n) is 3.15. The van der Waals surface area contributed by atoms with Gasteiger partial charge in [-0.1, -0.05) is 17.7 Å². The molecule has 2 aromatic carbocycles. The predicted octanol–water partition coefficient (Wildman–Crippen LogP) is 3.08. The molecule has 7 heteroatoms. The van der Waals surface area contributed by atoms with E-state index in [9.17, 15) is 9.59 Å². The second-order valence-corrected chi connectivity index (χ2v) is 5.33. The molecule has 1 aromatic heterocycles. The Hall–Kier alpha value is -2.99. The summed E-state index contributed by atoms with van der Waals surface area (Å²) in [6.45, 7) is -0.399. The monoisotopic (exact) mass is 341 g/mol. The molecule has 0 aliphatic heterocycles. The van der Waals surface area contributed by atoms with E-state index < -0.39 is 18.5 Å². The number of carbonyl (C=O) groups is 2. The molecule has 0 bridgehead atoms. The van der Waals surface area contributed by atoms with E-state index in [1.54, 1.807) is 48.7 Å². The Morgan fingerprint density at radius 3 is 2.62 bits per heavy atom. The van der Waals surface area contributed by atoms with Gasteiger partial charge in [-0.25, -0.2) is 4.79 Å². The Labute approximate surface area is 142 Å². The van der Waals surface area contributed by atoms with E-state index in [1.165, 1.54) is 6.20 Å². The molecule has 3 aromatic rings. The van der Waals surface area contributed by atoms with Crippen LogP contribution in [0.5, 0.6) is 0 Å². The molecule has 0 radical (unpaired) electrons. The van der Waals surface area contributed by atoms with Gasteiger partial charge in [0.05, 0.1) is 16.6 Å². The molecule has 0 fully saturated rings. The van der Waals surface area contributed by atoms with Gasteiger partial charge in [-0.3, -0.25) is 14.8 Å². The lowest BCUT2D eigenvalue weighted by Crippen LogP contribution is -2.20. The number of hydrogen-bond acceptors (Lipinski definition) is 5. The van der Waals surface area contributed by atoms with E-state index in [0.29, 0.717) is 27.3 Å². The van der Waals surface area contributed by atoms with Crippen molar-refractivity contribution in [2.24, 2.45) is 0 Å². The molecule has 0 atom stereocenters. The lowest BCUT2D eigenvalue weighted by Gasteiger charge is -2.07. The Bertz CT molecular complexity index is 914. The maximum Gasteiger partial charge on any atom is 0.338 e. The van der Waals surface area contributed by atoms with Gasteiger partial charge in [0.1, 0.15) is 0 Å². The molecule has 6 nitrogen and oxygen atoms in total. The topological polar surface area (TPSA) is 81.2 Å². The van der Waals surface area contributed by atoms with Crippen LogP contribution in [0.2, 0.25) is 5.02 Å². The highest BCUT2D eigenvalue weighted by molar-refractivity contribution is 6.30. The van der Waals surface area contributed by atoms with E-state index in [2.05, 4.69) is 15.3 Å². The summed E-state index contributed by atoms with van der Waals surface area (Å²) in [6, 6.07) is 11.5. The zero-order valence-corrected chi connectivity index (χ0v) is 13.2. The van der Waals surface area contributed by atoms with Crippen LogP contribution in [0.3, 0.4) is 0 Å². The molecule has 0 saturated carbocycles. The third-order valence-corrected chi connectivity index (χ3v) is 3.38. The van der Waals surface area contributed by atoms with Crippen LogP contribution in [0.25, 0.3) is 11.0 Å². The minimum Gasteiger partial charge on any atom is -0.452 e. The zero-order chi connectivity index (χ0) is 16.9. The van der Waals surface area contributed by atoms with Crippen LogP contribution in [-0.2, 0) is 9.53 Å². The SMILES string of the molecule is O=C(COC(=O)c1ccc2nccnc2c1)Nc1cccc(Cl)c1. The second-order valence-electron chi connectivity index (χ2n) is 4.89. The zero-order valence-electron chi connectivity index (χ0n) is 12.4. The number of aromatic nitrogens is 2. The number of rotatable bonds is 4. The van der Waals surface area contributed by atoms with Crippen LogP contribution < -0.4 is 5.32 Å². The summed E-state index contributed by atoms with van der Waals surface area (Å²) < 4.78 is 5.01. The number of nitrogens with one attached hydrogen (secondary N) is 1. The molecule has 1 heterocycles. The molecular formula is C17H12ClN3O3. The molecule has 3 rings (SSSR count). The van der Waals surface area contributed by atoms with Gasteiger partial charge in [0.15, 0.2) is 6.61 Å². The average molecular weight is 342 g/mol. The molecule has 24 heavy (non-hydrogen) atoms. The summed E-state index contributed by atoms with van der Waals surface area (Å²) in [6.07, 6.45) is 3.11. The minimum atomic E-state index is -0.608. The summed E-state index contributed by atoms with van der Waals surface area (Å²) in [5.41, 5.74) is 2.09. The van der Waals surface area contributed by atoms with Gasteiger partial charge < -0.3 is 10.1 Å². The largest absolute Gasteiger partial charge is 0.452 e. The van der Waals surface area contributed by atoms with Gasteiger partial charge in [0.2, 0.25) is 0 Å². The molecule has 0 unspecified atom stereocenters. The number of benzene rings is 2. The fourth-order valence-corrected chi connectivity index (χ4v) is 2.26. The summed E-state index contributed by atoms with van der Waals surface area (Å²) in [5.74, 6) is -1.06. The van der Waals surface area contributed by atoms with Crippen molar-refractivity contribution < 1.29 is 14.3 Å². The first kappa shape index (κ1) is 15.9. The fraction of sp³-hybridized carbons (Fsp3) is 0.0588. The number of amides is 1. The van der Waals surface area contributed by atoms with Crippen molar-refractivity contribution in [1.82, 2.24) is 9.97 Å². The molecule has 1 N–H and O–H groups in total. The van der Waals surface area contributed by atoms with Gasteiger partial charge in [-0.05, 0) is 36.4 Å². The fourth-order valence-electron chi connectivity index (χ4n) is 2.07. The number of esters is 1. The lowest BCUT2D eigenvalue weighted by atomic mass is 10.2. The molecule has 0 saturated heterocycles. The van der Waals surface area contributed by atoms with Crippen LogP contribution in [0, 0.1) is 0 Å². The number of nitrogens with zero attached hydrogens (tertiary/aromatic N) is 2. The summed E-state index contributed by atoms with van der Waals surface area (Å²) >= 11 is 5.84. The van der Waals surface area contributed by atoms with Gasteiger partial charge in [0, 0.05) is 23.1 Å². The minimum absolute atomic E-state index is 0.304. The summed E-state index contributed by atoms with van der Waals surface area (Å²) in [5, 5.41) is 3.10. The van der Waals surface area contributed by atoms with Crippen LogP contribution in [0.15, 0.2) is 54.9 Å². The highest BCUT2D eigenvalue weighted by Crippen LogP contribution is 2.15. The smallest absolute Gasteiger partial charge is 0.338 e. The van der Waals surface area contributed by atoms with Crippen molar-refractivity contribution in [2.75, 3.05) is 11.9 Å². The van der Waals surface area contributed by atoms with Crippen molar-refractivity contribution in [3.8, 4) is 0 Å². The van der Waals surface area contributed by atoms with Crippen LogP contribution in [-0.4, -0.2) is 28.5 Å². The van der Waals surface area contributed by atoms with Crippen LogP contribution in [0.1, 0.15) is 10.4 Å². The summed E-state index contributed by atoms with van der Waals surface area (Å²) in [4.78, 5) is 32.1. The highest BCUT2D eigenvalue weighted by atomic mass is 35.5. The van der Waals surface area contributed by atoms with Gasteiger partial charge in [-0.2, -0.15) is 0 Å². The molecule has 0 aliphatic carbocycles. The third kappa shape index (κ3) is 3.85. The van der Waals surface area contributed by atoms with Gasteiger partial charge in [0.25, 0.3) is 5.91 Å². The van der Waals surface area contributed by atoms with E-state index in [4.69, 9.17) is 16.3 Å². The van der Waals surface area contributed by atoms with Crippen molar-refractivity contribution in [3.05, 3.63) is 65.4 Å². The number of hydrogen-bond donors (Lipinski definition) is 1. The molecule has 120 valence electrons. The first-order valence-electron chi connectivity index (χ1n) is 7.05. The lowest BCUT2D eigenvalue weighted by molar-refractivity contribution is -0.119. The van der Waals surface area contributed by atoms with E-state index in [0.717, 1.165) is 0 Å². The normalized spacial score (nSPS) is 10.4. The number of anilines is 1. The Kier molecular flexibility index (Phi) is 4.67. The maximum absolute atomic E-state index is 12.0. The number of halogens is 1. The van der Waals surface area contributed by atoms with Gasteiger partial charge in [-0.15, -0.1) is 0 Å². The maximum atomic E-state index is 12.0. The Morgan fingerprint density at radius 1 is 1.04 bits per heavy atom. The first-order chi connectivity index (χ1) is 11.6. The van der Waals surface area contributed by atoms with Crippen molar-refractivity contribution in [1.29, 1.82) is 0 Å². The molecule has 0 aliphatic rings. The highest BCUT2D eigenvalue weighted by Gasteiger charge is 2.11. The van der Waals surface area contributed by atoms with Crippen molar-refractivity contribution >= 4 is 40.2 Å². The Morgan fingerprint density at radius 2 is 1.83 bits per heavy atom. The van der Waals surface area contributed by atoms with E-state index in [-0.39, 0.29) is 0 Å². The van der Waals surface area contributed by atoms with E-state index >= 15 is 0 Å². The standard InChI is InChI=1S/C17H12ClN3O3/c18-12-2-1-3-13(9-12)21-16(22)10-24-17(23)11-4-5-14-15(8-11)20-7-6-19-14/h1-9H,10H2,(H,21,22). The molecular weight excluding hydrogens is 330 g/mol. The quantitative estimate of drug-likeness (QED) is 0.737. The second kappa shape index (κ2) is 7.06. The average Bonchev–Trinajstić information content (AvgIpc) is 2.59. The molecule has 1 amide bonds. The number of ether oxygens (including phenoxy) is 1. The number of carbonyl (C=O) groups excluding carboxylic acids is 2. The van der Waals surface area contributed by atoms with Crippen molar-refractivity contribution in [2.45, 2.75) is 0 Å². The van der Waals surface area contributed by atoms with Crippen LogP contribution >= 0.6 is 11.6 Å². The van der Waals surface area contributed by atoms with Crippen molar-refractivity contribution in [3.63, 3.8) is 0 Å². The van der Waals surface area contributed by atoms with Crippen LogP contribution in [0.4, 0.5) is 5.69 Å². The predicted molar refractivity (Wildman–Crippen MR) is 89.9 cm³/mol. The Balaban J connectivity index is 1.60.